The summed E-state index contributed by atoms with van der Waals surface area (Å²) in [4.78, 5) is 9.56. The number of nitrogens with zero attached hydrogens (tertiary/aromatic N) is 5. The summed E-state index contributed by atoms with van der Waals surface area (Å²) in [5.41, 5.74) is 5.05. The molecule has 0 spiro atoms. The Kier molecular flexibility index (Phi) is 5.66. The van der Waals surface area contributed by atoms with Gasteiger partial charge in [0.15, 0.2) is 0 Å². The maximum Gasteiger partial charge on any atom is 0.503 e. The van der Waals surface area contributed by atoms with Crippen LogP contribution in [-0.4, -0.2) is 20.5 Å². The van der Waals surface area contributed by atoms with E-state index in [-0.39, 0.29) is 45.9 Å². The van der Waals surface area contributed by atoms with Crippen molar-refractivity contribution in [1.29, 1.82) is 0 Å². The number of benzene rings is 4. The molecule has 0 fully saturated rings. The Hall–Kier alpha value is -5.84. The highest BCUT2D eigenvalue weighted by Crippen LogP contribution is 2.40. The molecule has 0 radical (unpaired) electrons. The lowest BCUT2D eigenvalue weighted by atomic mass is 9.86. The number of fused-ring (bicyclic) bond motifs is 4. The van der Waals surface area contributed by atoms with Crippen molar-refractivity contribution in [3.05, 3.63) is 138 Å². The van der Waals surface area contributed by atoms with Crippen LogP contribution in [-0.2, 0) is 10.8 Å². The van der Waals surface area contributed by atoms with Crippen molar-refractivity contribution in [3.8, 4) is 17.4 Å². The molecule has 0 aliphatic carbocycles. The second-order valence-electron chi connectivity index (χ2n) is 14.6. The Labute approximate surface area is 303 Å². The molecule has 4 aromatic carbocycles. The van der Waals surface area contributed by atoms with E-state index in [1.165, 1.54) is 16.7 Å². The number of hydrogen-bond donors (Lipinski definition) is 0. The highest BCUT2D eigenvalue weighted by molar-refractivity contribution is 6.09. The van der Waals surface area contributed by atoms with Crippen LogP contribution in [0.25, 0.3) is 27.6 Å². The van der Waals surface area contributed by atoms with Crippen LogP contribution in [0.5, 0.6) is 11.6 Å². The van der Waals surface area contributed by atoms with Crippen LogP contribution in [0.15, 0.2) is 121 Å². The average molecular weight is 663 g/mol. The Morgan fingerprint density at radius 3 is 2.16 bits per heavy atom. The normalized spacial score (nSPS) is 15.3. The number of aromatic nitrogens is 3. The largest absolute Gasteiger partial charge is 0.503 e. The zero-order valence-electron chi connectivity index (χ0n) is 35.9. The molecule has 4 heterocycles. The van der Waals surface area contributed by atoms with Gasteiger partial charge in [-0.1, -0.05) is 89.5 Å². The highest BCUT2D eigenvalue weighted by Gasteiger charge is 2.37. The van der Waals surface area contributed by atoms with Crippen LogP contribution in [0.3, 0.4) is 0 Å². The summed E-state index contributed by atoms with van der Waals surface area (Å²) in [5.74, 6) is 1.59. The number of para-hydroxylation sites is 3. The summed E-state index contributed by atoms with van der Waals surface area (Å²) in [6, 6.07) is 28.1. The Balaban J connectivity index is 1.30. The minimum atomic E-state index is -2.31. The molecule has 0 amide bonds. The van der Waals surface area contributed by atoms with Crippen molar-refractivity contribution in [3.63, 3.8) is 0 Å². The summed E-state index contributed by atoms with van der Waals surface area (Å²) >= 11 is 0. The lowest BCUT2D eigenvalue weighted by Gasteiger charge is -2.20. The van der Waals surface area contributed by atoms with E-state index >= 15 is 0 Å². The molecule has 0 N–H and O–H groups in total. The van der Waals surface area contributed by atoms with Crippen molar-refractivity contribution in [2.75, 3.05) is 0 Å². The van der Waals surface area contributed by atoms with Crippen LogP contribution in [0.2, 0.25) is 0 Å². The van der Waals surface area contributed by atoms with Gasteiger partial charge >= 0.3 is 6.01 Å². The molecule has 1 aliphatic heterocycles. The summed E-state index contributed by atoms with van der Waals surface area (Å²) < 4.78 is 70.3. The third-order valence-corrected chi connectivity index (χ3v) is 9.03. The maximum absolute atomic E-state index is 9.01. The second kappa shape index (κ2) is 11.6. The Bertz CT molecular complexity index is 2860. The van der Waals surface area contributed by atoms with Crippen LogP contribution in [0, 0.1) is 6.85 Å². The van der Waals surface area contributed by atoms with Crippen LogP contribution < -0.4 is 13.9 Å². The van der Waals surface area contributed by atoms with E-state index in [1.54, 1.807) is 22.8 Å². The molecule has 3 aromatic heterocycles. The van der Waals surface area contributed by atoms with E-state index < -0.39 is 12.9 Å². The molecule has 0 unspecified atom stereocenters. The van der Waals surface area contributed by atoms with Gasteiger partial charge in [0.2, 0.25) is 17.3 Å². The smallest absolute Gasteiger partial charge is 0.439 e. The molecule has 246 valence electrons. The van der Waals surface area contributed by atoms with Crippen molar-refractivity contribution < 1.29 is 14.3 Å². The molecule has 7 aromatic rings. The minimum Gasteiger partial charge on any atom is -0.439 e. The zero-order valence-corrected chi connectivity index (χ0v) is 28.9. The first-order valence-corrected chi connectivity index (χ1v) is 16.6. The number of hydrogen-bond acceptors (Lipinski definition) is 3. The molecular weight excluding hydrogens is 615 g/mol. The first-order chi connectivity index (χ1) is 26.8. The van der Waals surface area contributed by atoms with Gasteiger partial charge in [0, 0.05) is 63.6 Å². The van der Waals surface area contributed by atoms with Gasteiger partial charge in [-0.25, -0.2) is 9.97 Å². The predicted octanol–water partition coefficient (Wildman–Crippen LogP) is 11.1. The fourth-order valence-corrected chi connectivity index (χ4v) is 6.29. The topological polar surface area (TPSA) is 46.0 Å². The fourth-order valence-electron chi connectivity index (χ4n) is 6.29. The fraction of sp³-hybridized carbons (Fsp3) is 0.205. The summed E-state index contributed by atoms with van der Waals surface area (Å²) in [6.07, 6.45) is 3.66. The van der Waals surface area contributed by atoms with Gasteiger partial charge in [-0.2, -0.15) is 0 Å². The van der Waals surface area contributed by atoms with Gasteiger partial charge in [-0.15, -0.1) is 0 Å². The summed E-state index contributed by atoms with van der Waals surface area (Å²) in [5, 5.41) is 1.98. The van der Waals surface area contributed by atoms with Crippen LogP contribution >= 0.6 is 0 Å². The summed E-state index contributed by atoms with van der Waals surface area (Å²) in [6.45, 7) is 10.5. The summed E-state index contributed by atoms with van der Waals surface area (Å²) in [7, 11) is 0. The average Bonchev–Trinajstić information content (AvgIpc) is 3.72. The van der Waals surface area contributed by atoms with Crippen molar-refractivity contribution in [2.45, 2.75) is 59.2 Å². The Morgan fingerprint density at radius 1 is 0.720 bits per heavy atom. The SMILES string of the molecule is [2H]c1c([2H])c([2H])c2c(c1[2H])[N+](c1ccc(C([2H])([2H])[2H])cc1)=C=[N+]2c1cc(Oc2cc3c(cn2)c2ccccc2n3-c2cc(C(C)(C)C)ccn2)cc(C(C)(C)C)c1. The lowest BCUT2D eigenvalue weighted by molar-refractivity contribution is 0.460. The first kappa shape index (κ1) is 24.3. The lowest BCUT2D eigenvalue weighted by Crippen LogP contribution is -2.12. The standard InChI is InChI=1S/C44H41N5O/c1-29-16-18-32(19-17-29)47-28-48(39-15-11-10-14-38(39)47)33-22-31(44(5,6)7)23-34(25-33)50-42-26-40-36(27-46-42)35-12-8-9-13-37(35)49(40)41-24-30(20-21-45-41)43(2,3)4/h8-27H,1-7H3/q+2/i1D3,10D,11D,14D,15D. The van der Waals surface area contributed by atoms with Gasteiger partial charge in [0.05, 0.1) is 22.6 Å². The van der Waals surface area contributed by atoms with E-state index in [0.29, 0.717) is 23.0 Å². The van der Waals surface area contributed by atoms with Gasteiger partial charge < -0.3 is 4.74 Å². The predicted molar refractivity (Wildman–Crippen MR) is 206 cm³/mol. The zero-order chi connectivity index (χ0) is 40.8. The van der Waals surface area contributed by atoms with Crippen LogP contribution in [0.4, 0.5) is 22.7 Å². The molecular formula is C44H41N5O+2. The number of rotatable bonds is 5. The van der Waals surface area contributed by atoms with E-state index in [2.05, 4.69) is 70.3 Å². The van der Waals surface area contributed by atoms with Crippen molar-refractivity contribution in [1.82, 2.24) is 23.7 Å². The minimum absolute atomic E-state index is 0.0806. The molecule has 0 atom stereocenters. The van der Waals surface area contributed by atoms with Gasteiger partial charge in [-0.05, 0) is 62.2 Å². The van der Waals surface area contributed by atoms with Crippen LogP contribution in [0.1, 0.15) is 67.8 Å². The molecule has 0 bridgehead atoms. The third kappa shape index (κ3) is 5.58. The second-order valence-corrected chi connectivity index (χ2v) is 14.6. The molecule has 0 saturated carbocycles. The van der Waals surface area contributed by atoms with E-state index in [0.717, 1.165) is 38.8 Å². The van der Waals surface area contributed by atoms with Crippen molar-refractivity contribution in [2.24, 2.45) is 0 Å². The number of aryl methyl sites for hydroxylation is 1. The van der Waals surface area contributed by atoms with Crippen molar-refractivity contribution >= 4 is 50.6 Å². The number of ether oxygens (including phenoxy) is 1. The molecule has 0 saturated heterocycles. The highest BCUT2D eigenvalue weighted by atomic mass is 16.5. The monoisotopic (exact) mass is 662 g/mol. The van der Waals surface area contributed by atoms with Gasteiger partial charge in [-0.3, -0.25) is 4.57 Å². The molecule has 8 rings (SSSR count). The first-order valence-electron chi connectivity index (χ1n) is 20.1. The Morgan fingerprint density at radius 2 is 1.44 bits per heavy atom. The molecule has 6 heteroatoms. The van der Waals surface area contributed by atoms with Gasteiger partial charge in [0.25, 0.3) is 11.4 Å². The third-order valence-electron chi connectivity index (χ3n) is 9.03. The van der Waals surface area contributed by atoms with E-state index in [9.17, 15) is 0 Å². The molecule has 1 aliphatic rings. The molecule has 6 nitrogen and oxygen atoms in total. The quantitative estimate of drug-likeness (QED) is 0.172. The maximum atomic E-state index is 9.01. The molecule has 50 heavy (non-hydrogen) atoms. The van der Waals surface area contributed by atoms with E-state index in [1.807, 2.05) is 48.8 Å². The van der Waals surface area contributed by atoms with E-state index in [4.69, 9.17) is 24.3 Å². The van der Waals surface area contributed by atoms with Gasteiger partial charge in [0.1, 0.15) is 11.6 Å². The number of pyridine rings is 2.